The van der Waals surface area contributed by atoms with E-state index >= 15 is 0 Å². The molecule has 112 valence electrons. The Morgan fingerprint density at radius 1 is 1.37 bits per heavy atom. The molecule has 2 rings (SSSR count). The van der Waals surface area contributed by atoms with Gasteiger partial charge in [0.2, 0.25) is 0 Å². The third-order valence-electron chi connectivity index (χ3n) is 4.35. The predicted octanol–water partition coefficient (Wildman–Crippen LogP) is 1.64. The van der Waals surface area contributed by atoms with Crippen molar-refractivity contribution >= 4 is 0 Å². The first-order valence-electron chi connectivity index (χ1n) is 7.93. The van der Waals surface area contributed by atoms with Crippen molar-refractivity contribution in [3.63, 3.8) is 0 Å². The minimum atomic E-state index is 0.450. The van der Waals surface area contributed by atoms with Gasteiger partial charge < -0.3 is 14.8 Å². The van der Waals surface area contributed by atoms with Crippen LogP contribution in [0.1, 0.15) is 39.0 Å². The number of nitrogens with one attached hydrogen (secondary N) is 1. The molecular weight excluding hydrogens is 240 g/mol. The Balaban J connectivity index is 1.86. The highest BCUT2D eigenvalue weighted by molar-refractivity contribution is 4.89. The number of hydrogen-bond acceptors (Lipinski definition) is 4. The van der Waals surface area contributed by atoms with Crippen LogP contribution in [-0.4, -0.2) is 63.0 Å². The molecule has 1 heterocycles. The second-order valence-corrected chi connectivity index (χ2v) is 5.86. The summed E-state index contributed by atoms with van der Waals surface area (Å²) in [7, 11) is 1.79. The zero-order chi connectivity index (χ0) is 13.5. The number of rotatable bonds is 7. The van der Waals surface area contributed by atoms with Gasteiger partial charge >= 0.3 is 0 Å². The predicted molar refractivity (Wildman–Crippen MR) is 77.5 cm³/mol. The van der Waals surface area contributed by atoms with Crippen molar-refractivity contribution in [1.82, 2.24) is 10.2 Å². The van der Waals surface area contributed by atoms with E-state index in [2.05, 4.69) is 17.1 Å². The molecule has 1 saturated carbocycles. The fourth-order valence-electron chi connectivity index (χ4n) is 3.41. The van der Waals surface area contributed by atoms with Gasteiger partial charge in [-0.1, -0.05) is 19.8 Å². The van der Waals surface area contributed by atoms with Gasteiger partial charge in [0, 0.05) is 32.3 Å². The Morgan fingerprint density at radius 2 is 2.21 bits per heavy atom. The maximum Gasteiger partial charge on any atom is 0.0730 e. The standard InChI is InChI=1S/C15H30N2O2/c1-3-8-16-13(12-18-2)11-17-9-10-19-15-7-5-4-6-14(15)17/h13-16H,3-12H2,1-2H3. The van der Waals surface area contributed by atoms with Crippen LogP contribution in [0.5, 0.6) is 0 Å². The number of hydrogen-bond donors (Lipinski definition) is 1. The van der Waals surface area contributed by atoms with Crippen molar-refractivity contribution in [3.8, 4) is 0 Å². The summed E-state index contributed by atoms with van der Waals surface area (Å²) < 4.78 is 11.3. The molecule has 19 heavy (non-hydrogen) atoms. The Morgan fingerprint density at radius 3 is 3.00 bits per heavy atom. The zero-order valence-electron chi connectivity index (χ0n) is 12.6. The van der Waals surface area contributed by atoms with Crippen LogP contribution in [0.25, 0.3) is 0 Å². The Labute approximate surface area is 117 Å². The summed E-state index contributed by atoms with van der Waals surface area (Å²) in [6, 6.07) is 1.09. The van der Waals surface area contributed by atoms with Gasteiger partial charge in [0.25, 0.3) is 0 Å². The quantitative estimate of drug-likeness (QED) is 0.762. The lowest BCUT2D eigenvalue weighted by Crippen LogP contribution is -2.56. The Bertz CT molecular complexity index is 248. The number of morpholine rings is 1. The summed E-state index contributed by atoms with van der Waals surface area (Å²) >= 11 is 0. The minimum absolute atomic E-state index is 0.450. The van der Waals surface area contributed by atoms with Crippen LogP contribution >= 0.6 is 0 Å². The number of fused-ring (bicyclic) bond motifs is 1. The third kappa shape index (κ3) is 4.42. The molecule has 4 nitrogen and oxygen atoms in total. The lowest BCUT2D eigenvalue weighted by molar-refractivity contribution is -0.0916. The molecule has 0 aromatic heterocycles. The molecule has 0 aromatic carbocycles. The number of ether oxygens (including phenoxy) is 2. The molecule has 0 bridgehead atoms. The van der Waals surface area contributed by atoms with Gasteiger partial charge in [-0.2, -0.15) is 0 Å². The Hall–Kier alpha value is -0.160. The smallest absolute Gasteiger partial charge is 0.0730 e. The maximum absolute atomic E-state index is 5.94. The van der Waals surface area contributed by atoms with Gasteiger partial charge in [-0.15, -0.1) is 0 Å². The van der Waals surface area contributed by atoms with Crippen molar-refractivity contribution < 1.29 is 9.47 Å². The second kappa shape index (κ2) is 8.20. The molecular formula is C15H30N2O2. The van der Waals surface area contributed by atoms with Crippen molar-refractivity contribution in [1.29, 1.82) is 0 Å². The summed E-state index contributed by atoms with van der Waals surface area (Å²) in [5.41, 5.74) is 0. The van der Waals surface area contributed by atoms with Crippen LogP contribution in [0, 0.1) is 0 Å². The lowest BCUT2D eigenvalue weighted by Gasteiger charge is -2.45. The summed E-state index contributed by atoms with van der Waals surface area (Å²) in [5.74, 6) is 0. The van der Waals surface area contributed by atoms with E-state index in [1.54, 1.807) is 7.11 Å². The molecule has 4 heteroatoms. The molecule has 3 unspecified atom stereocenters. The highest BCUT2D eigenvalue weighted by atomic mass is 16.5. The number of methoxy groups -OCH3 is 1. The molecule has 1 aliphatic carbocycles. The van der Waals surface area contributed by atoms with Crippen molar-refractivity contribution in [3.05, 3.63) is 0 Å². The van der Waals surface area contributed by atoms with E-state index in [4.69, 9.17) is 9.47 Å². The normalized spacial score (nSPS) is 30.0. The van der Waals surface area contributed by atoms with Crippen LogP contribution in [0.4, 0.5) is 0 Å². The summed E-state index contributed by atoms with van der Waals surface area (Å²) in [5, 5.41) is 3.61. The van der Waals surface area contributed by atoms with Gasteiger partial charge in [0.05, 0.1) is 19.3 Å². The fraction of sp³-hybridized carbons (Fsp3) is 1.00. The second-order valence-electron chi connectivity index (χ2n) is 5.86. The number of nitrogens with zero attached hydrogens (tertiary/aromatic N) is 1. The third-order valence-corrected chi connectivity index (χ3v) is 4.35. The van der Waals surface area contributed by atoms with Crippen LogP contribution in [-0.2, 0) is 9.47 Å². The van der Waals surface area contributed by atoms with E-state index in [1.807, 2.05) is 0 Å². The molecule has 0 aromatic rings. The van der Waals surface area contributed by atoms with Gasteiger partial charge in [-0.25, -0.2) is 0 Å². The van der Waals surface area contributed by atoms with Gasteiger partial charge in [-0.05, 0) is 25.8 Å². The SMILES string of the molecule is CCCNC(COC)CN1CCOC2CCCCC21. The van der Waals surface area contributed by atoms with Gasteiger partial charge in [-0.3, -0.25) is 4.90 Å². The first-order valence-corrected chi connectivity index (χ1v) is 7.93. The van der Waals surface area contributed by atoms with E-state index < -0.39 is 0 Å². The molecule has 0 amide bonds. The average molecular weight is 270 g/mol. The van der Waals surface area contributed by atoms with Crippen molar-refractivity contribution in [2.45, 2.75) is 57.2 Å². The largest absolute Gasteiger partial charge is 0.383 e. The molecule has 0 radical (unpaired) electrons. The van der Waals surface area contributed by atoms with Crippen LogP contribution in [0.3, 0.4) is 0 Å². The lowest BCUT2D eigenvalue weighted by atomic mass is 9.90. The van der Waals surface area contributed by atoms with Gasteiger partial charge in [0.15, 0.2) is 0 Å². The molecule has 1 saturated heterocycles. The van der Waals surface area contributed by atoms with Crippen molar-refractivity contribution in [2.75, 3.05) is 40.0 Å². The fourth-order valence-corrected chi connectivity index (χ4v) is 3.41. The first-order chi connectivity index (χ1) is 9.35. The maximum atomic E-state index is 5.94. The summed E-state index contributed by atoms with van der Waals surface area (Å²) in [4.78, 5) is 2.64. The van der Waals surface area contributed by atoms with E-state index in [9.17, 15) is 0 Å². The zero-order valence-corrected chi connectivity index (χ0v) is 12.6. The van der Waals surface area contributed by atoms with Crippen LogP contribution in [0.2, 0.25) is 0 Å². The minimum Gasteiger partial charge on any atom is -0.383 e. The molecule has 2 fully saturated rings. The van der Waals surface area contributed by atoms with E-state index in [0.29, 0.717) is 18.2 Å². The molecule has 1 aliphatic heterocycles. The van der Waals surface area contributed by atoms with Crippen LogP contribution < -0.4 is 5.32 Å². The topological polar surface area (TPSA) is 33.7 Å². The van der Waals surface area contributed by atoms with Crippen LogP contribution in [0.15, 0.2) is 0 Å². The Kier molecular flexibility index (Phi) is 6.57. The summed E-state index contributed by atoms with van der Waals surface area (Å²) in [6.07, 6.45) is 6.91. The van der Waals surface area contributed by atoms with E-state index in [1.165, 1.54) is 32.1 Å². The monoisotopic (exact) mass is 270 g/mol. The first kappa shape index (κ1) is 15.2. The van der Waals surface area contributed by atoms with E-state index in [-0.39, 0.29) is 0 Å². The molecule has 3 atom stereocenters. The highest BCUT2D eigenvalue weighted by Crippen LogP contribution is 2.28. The van der Waals surface area contributed by atoms with E-state index in [0.717, 1.165) is 32.8 Å². The molecule has 2 aliphatic rings. The van der Waals surface area contributed by atoms with Gasteiger partial charge in [0.1, 0.15) is 0 Å². The van der Waals surface area contributed by atoms with Crippen molar-refractivity contribution in [2.24, 2.45) is 0 Å². The summed E-state index contributed by atoms with van der Waals surface area (Å²) in [6.45, 7) is 7.16. The average Bonchev–Trinajstić information content (AvgIpc) is 2.45. The molecule has 0 spiro atoms. The highest BCUT2D eigenvalue weighted by Gasteiger charge is 2.34. The molecule has 1 N–H and O–H groups in total.